The minimum atomic E-state index is 0.386. The molecule has 0 radical (unpaired) electrons. The summed E-state index contributed by atoms with van der Waals surface area (Å²) in [6.07, 6.45) is 22.2. The predicted octanol–water partition coefficient (Wildman–Crippen LogP) is 6.55. The van der Waals surface area contributed by atoms with Crippen LogP contribution in [0.5, 0.6) is 0 Å². The normalized spacial score (nSPS) is 32.8. The van der Waals surface area contributed by atoms with Crippen molar-refractivity contribution in [2.24, 2.45) is 23.7 Å². The molecule has 4 unspecified atom stereocenters. The van der Waals surface area contributed by atoms with Crippen molar-refractivity contribution in [2.45, 2.75) is 103 Å². The summed E-state index contributed by atoms with van der Waals surface area (Å²) >= 11 is 0. The van der Waals surface area contributed by atoms with Gasteiger partial charge in [0.05, 0.1) is 0 Å². The van der Waals surface area contributed by atoms with E-state index in [1.54, 1.807) is 0 Å². The number of unbranched alkanes of at least 4 members (excludes halogenated alkanes) is 4. The highest BCUT2D eigenvalue weighted by Crippen LogP contribution is 2.33. The van der Waals surface area contributed by atoms with Crippen molar-refractivity contribution in [1.29, 1.82) is 0 Å². The quantitative estimate of drug-likeness (QED) is 0.349. The third-order valence-corrected chi connectivity index (χ3v) is 6.29. The lowest BCUT2D eigenvalue weighted by Gasteiger charge is -2.26. The highest BCUT2D eigenvalue weighted by Gasteiger charge is 2.21. The third kappa shape index (κ3) is 6.84. The van der Waals surface area contributed by atoms with E-state index in [4.69, 9.17) is 0 Å². The minimum Gasteiger partial charge on any atom is -0.303 e. The Morgan fingerprint density at radius 3 is 2.00 bits per heavy atom. The highest BCUT2D eigenvalue weighted by atomic mass is 16.1. The van der Waals surface area contributed by atoms with Crippen molar-refractivity contribution in [3.8, 4) is 0 Å². The van der Waals surface area contributed by atoms with Gasteiger partial charge in [-0.05, 0) is 37.0 Å². The second-order valence-corrected chi connectivity index (χ2v) is 8.41. The first-order valence-corrected chi connectivity index (χ1v) is 10.2. The molecule has 22 heavy (non-hydrogen) atoms. The molecule has 0 amide bonds. The summed E-state index contributed by atoms with van der Waals surface area (Å²) in [5.41, 5.74) is 0. The van der Waals surface area contributed by atoms with Crippen LogP contribution in [0.25, 0.3) is 0 Å². The number of carbonyl (C=O) groups excluding carboxylic acids is 1. The molecular formula is C21H38O. The van der Waals surface area contributed by atoms with Crippen LogP contribution in [0.15, 0.2) is 0 Å². The standard InChI is InChI=1S/C21H38O/c1-18-9-7-12-19(15-18)10-5-3-2-4-6-11-20-13-8-14-21(16-20)17-22/h17-21H,2-16H2,1H3. The van der Waals surface area contributed by atoms with Crippen LogP contribution in [0.2, 0.25) is 0 Å². The minimum absolute atomic E-state index is 0.386. The summed E-state index contributed by atoms with van der Waals surface area (Å²) in [4.78, 5) is 10.9. The van der Waals surface area contributed by atoms with E-state index in [2.05, 4.69) is 6.92 Å². The maximum atomic E-state index is 10.9. The number of rotatable bonds is 9. The molecule has 0 aliphatic heterocycles. The molecule has 128 valence electrons. The Kier molecular flexibility index (Phi) is 8.55. The zero-order chi connectivity index (χ0) is 15.6. The van der Waals surface area contributed by atoms with Crippen LogP contribution in [-0.2, 0) is 4.79 Å². The molecule has 0 spiro atoms. The van der Waals surface area contributed by atoms with Crippen LogP contribution in [-0.4, -0.2) is 6.29 Å². The van der Waals surface area contributed by atoms with Crippen molar-refractivity contribution >= 4 is 6.29 Å². The summed E-state index contributed by atoms with van der Waals surface area (Å²) in [6, 6.07) is 0. The van der Waals surface area contributed by atoms with Crippen LogP contribution >= 0.6 is 0 Å². The molecule has 1 heteroatoms. The molecule has 2 fully saturated rings. The first kappa shape index (κ1) is 18.0. The lowest BCUT2D eigenvalue weighted by atomic mass is 9.79. The number of hydrogen-bond donors (Lipinski definition) is 0. The maximum Gasteiger partial charge on any atom is 0.123 e. The van der Waals surface area contributed by atoms with Crippen LogP contribution in [0.3, 0.4) is 0 Å². The Morgan fingerprint density at radius 1 is 0.773 bits per heavy atom. The molecule has 4 atom stereocenters. The van der Waals surface area contributed by atoms with Crippen molar-refractivity contribution in [3.05, 3.63) is 0 Å². The lowest BCUT2D eigenvalue weighted by Crippen LogP contribution is -2.16. The second kappa shape index (κ2) is 10.4. The van der Waals surface area contributed by atoms with Gasteiger partial charge in [-0.25, -0.2) is 0 Å². The first-order valence-electron chi connectivity index (χ1n) is 10.2. The predicted molar refractivity (Wildman–Crippen MR) is 95.0 cm³/mol. The molecule has 0 N–H and O–H groups in total. The molecule has 2 saturated carbocycles. The van der Waals surface area contributed by atoms with Crippen molar-refractivity contribution in [1.82, 2.24) is 0 Å². The Bertz CT molecular complexity index is 298. The molecule has 2 rings (SSSR count). The monoisotopic (exact) mass is 306 g/mol. The molecule has 0 aromatic carbocycles. The second-order valence-electron chi connectivity index (χ2n) is 8.41. The summed E-state index contributed by atoms with van der Waals surface area (Å²) < 4.78 is 0. The SMILES string of the molecule is CC1CCCC(CCCCCCCC2CCCC(C=O)C2)C1. The molecule has 0 aromatic heterocycles. The van der Waals surface area contributed by atoms with Gasteiger partial charge in [-0.3, -0.25) is 0 Å². The van der Waals surface area contributed by atoms with E-state index < -0.39 is 0 Å². The molecule has 0 saturated heterocycles. The number of hydrogen-bond acceptors (Lipinski definition) is 1. The smallest absolute Gasteiger partial charge is 0.123 e. The van der Waals surface area contributed by atoms with Gasteiger partial charge in [-0.1, -0.05) is 84.0 Å². The van der Waals surface area contributed by atoms with Gasteiger partial charge < -0.3 is 4.79 Å². The Balaban J connectivity index is 1.42. The van der Waals surface area contributed by atoms with E-state index in [9.17, 15) is 4.79 Å². The van der Waals surface area contributed by atoms with E-state index in [-0.39, 0.29) is 0 Å². The van der Waals surface area contributed by atoms with Gasteiger partial charge in [-0.15, -0.1) is 0 Å². The molecular weight excluding hydrogens is 268 g/mol. The molecule has 0 aromatic rings. The summed E-state index contributed by atoms with van der Waals surface area (Å²) in [6.45, 7) is 2.44. The van der Waals surface area contributed by atoms with E-state index in [0.29, 0.717) is 5.92 Å². The summed E-state index contributed by atoms with van der Waals surface area (Å²) in [5.74, 6) is 3.28. The molecule has 2 aliphatic rings. The summed E-state index contributed by atoms with van der Waals surface area (Å²) in [5, 5.41) is 0. The van der Waals surface area contributed by atoms with Gasteiger partial charge in [0.1, 0.15) is 6.29 Å². The Labute approximate surface area is 138 Å². The van der Waals surface area contributed by atoms with Crippen molar-refractivity contribution < 1.29 is 4.79 Å². The zero-order valence-corrected chi connectivity index (χ0v) is 14.9. The van der Waals surface area contributed by atoms with E-state index in [1.165, 1.54) is 96.2 Å². The zero-order valence-electron chi connectivity index (χ0n) is 14.9. The van der Waals surface area contributed by atoms with Crippen LogP contribution in [0.1, 0.15) is 103 Å². The van der Waals surface area contributed by atoms with E-state index in [0.717, 1.165) is 24.2 Å². The van der Waals surface area contributed by atoms with Crippen LogP contribution < -0.4 is 0 Å². The van der Waals surface area contributed by atoms with Crippen molar-refractivity contribution in [2.75, 3.05) is 0 Å². The Morgan fingerprint density at radius 2 is 1.36 bits per heavy atom. The van der Waals surface area contributed by atoms with Gasteiger partial charge in [0.25, 0.3) is 0 Å². The topological polar surface area (TPSA) is 17.1 Å². The van der Waals surface area contributed by atoms with Crippen molar-refractivity contribution in [3.63, 3.8) is 0 Å². The van der Waals surface area contributed by atoms with Gasteiger partial charge in [-0.2, -0.15) is 0 Å². The lowest BCUT2D eigenvalue weighted by molar-refractivity contribution is -0.112. The molecule has 0 bridgehead atoms. The average Bonchev–Trinajstić information content (AvgIpc) is 2.54. The van der Waals surface area contributed by atoms with Gasteiger partial charge in [0, 0.05) is 5.92 Å². The van der Waals surface area contributed by atoms with Gasteiger partial charge in [0.15, 0.2) is 0 Å². The maximum absolute atomic E-state index is 10.9. The fraction of sp³-hybridized carbons (Fsp3) is 0.952. The molecule has 0 heterocycles. The third-order valence-electron chi connectivity index (χ3n) is 6.29. The fourth-order valence-corrected chi connectivity index (χ4v) is 4.94. The Hall–Kier alpha value is -0.330. The van der Waals surface area contributed by atoms with Gasteiger partial charge >= 0.3 is 0 Å². The molecule has 2 aliphatic carbocycles. The van der Waals surface area contributed by atoms with Crippen LogP contribution in [0.4, 0.5) is 0 Å². The first-order chi connectivity index (χ1) is 10.8. The average molecular weight is 307 g/mol. The van der Waals surface area contributed by atoms with E-state index in [1.807, 2.05) is 0 Å². The number of carbonyl (C=O) groups is 1. The van der Waals surface area contributed by atoms with E-state index >= 15 is 0 Å². The fourth-order valence-electron chi connectivity index (χ4n) is 4.94. The number of aldehydes is 1. The highest BCUT2D eigenvalue weighted by molar-refractivity contribution is 5.53. The largest absolute Gasteiger partial charge is 0.303 e. The summed E-state index contributed by atoms with van der Waals surface area (Å²) in [7, 11) is 0. The van der Waals surface area contributed by atoms with Gasteiger partial charge in [0.2, 0.25) is 0 Å². The molecule has 1 nitrogen and oxygen atoms in total. The van der Waals surface area contributed by atoms with Crippen LogP contribution in [0, 0.1) is 23.7 Å².